The lowest BCUT2D eigenvalue weighted by molar-refractivity contribution is 0.0691. The largest absolute Gasteiger partial charge is 0.494 e. The first kappa shape index (κ1) is 13.1. The summed E-state index contributed by atoms with van der Waals surface area (Å²) in [4.78, 5) is 11.7. The van der Waals surface area contributed by atoms with Gasteiger partial charge in [0, 0.05) is 6.07 Å². The van der Waals surface area contributed by atoms with Gasteiger partial charge in [-0.05, 0) is 37.6 Å². The van der Waals surface area contributed by atoms with E-state index in [1.54, 1.807) is 31.2 Å². The van der Waals surface area contributed by atoms with Gasteiger partial charge in [0.25, 0.3) is 0 Å². The van der Waals surface area contributed by atoms with Crippen LogP contribution in [0.5, 0.6) is 11.5 Å². The van der Waals surface area contributed by atoms with Crippen molar-refractivity contribution in [3.05, 3.63) is 41.8 Å². The van der Waals surface area contributed by atoms with E-state index in [4.69, 9.17) is 14.0 Å². The van der Waals surface area contributed by atoms with Crippen molar-refractivity contribution in [3.8, 4) is 11.5 Å². The highest BCUT2D eigenvalue weighted by atomic mass is 16.6. The molecule has 2 rings (SSSR count). The van der Waals surface area contributed by atoms with Gasteiger partial charge in [-0.15, -0.1) is 0 Å². The summed E-state index contributed by atoms with van der Waals surface area (Å²) in [6.07, 6.45) is 0.946. The number of nitrogens with zero attached hydrogens (tertiary/aromatic N) is 1. The van der Waals surface area contributed by atoms with E-state index in [1.807, 2.05) is 6.92 Å². The molecule has 0 amide bonds. The molecule has 1 aromatic carbocycles. The van der Waals surface area contributed by atoms with Crippen LogP contribution in [0.1, 0.15) is 29.6 Å². The van der Waals surface area contributed by atoms with Gasteiger partial charge in [0.05, 0.1) is 12.3 Å². The molecule has 19 heavy (non-hydrogen) atoms. The van der Waals surface area contributed by atoms with Crippen molar-refractivity contribution in [2.24, 2.45) is 0 Å². The second kappa shape index (κ2) is 6.04. The van der Waals surface area contributed by atoms with Crippen molar-refractivity contribution < 1.29 is 18.8 Å². The normalized spacial score (nSPS) is 10.2. The summed E-state index contributed by atoms with van der Waals surface area (Å²) < 4.78 is 15.4. The highest BCUT2D eigenvalue weighted by Crippen LogP contribution is 2.19. The van der Waals surface area contributed by atoms with Crippen LogP contribution in [0.25, 0.3) is 0 Å². The molecular formula is C14H15NO4. The van der Waals surface area contributed by atoms with E-state index in [9.17, 15) is 4.79 Å². The van der Waals surface area contributed by atoms with Gasteiger partial charge in [-0.3, -0.25) is 0 Å². The molecule has 0 saturated heterocycles. The van der Waals surface area contributed by atoms with Gasteiger partial charge in [-0.2, -0.15) is 0 Å². The second-order valence-electron chi connectivity index (χ2n) is 4.04. The van der Waals surface area contributed by atoms with E-state index >= 15 is 0 Å². The third kappa shape index (κ3) is 3.58. The molecule has 0 fully saturated rings. The fourth-order valence-electron chi connectivity index (χ4n) is 1.44. The van der Waals surface area contributed by atoms with Gasteiger partial charge in [0.15, 0.2) is 0 Å². The molecule has 0 radical (unpaired) electrons. The van der Waals surface area contributed by atoms with Crippen molar-refractivity contribution in [1.82, 2.24) is 5.16 Å². The highest BCUT2D eigenvalue weighted by molar-refractivity contribution is 5.88. The number of aromatic nitrogens is 1. The Morgan fingerprint density at radius 2 is 1.95 bits per heavy atom. The predicted octanol–water partition coefficient (Wildman–Crippen LogP) is 2.99. The Balaban J connectivity index is 1.97. The highest BCUT2D eigenvalue weighted by Gasteiger charge is 2.14. The maximum atomic E-state index is 11.7. The Hall–Kier alpha value is -2.30. The van der Waals surface area contributed by atoms with Crippen LogP contribution in [0.3, 0.4) is 0 Å². The fourth-order valence-corrected chi connectivity index (χ4v) is 1.44. The van der Waals surface area contributed by atoms with Crippen LogP contribution in [-0.4, -0.2) is 17.7 Å². The summed E-state index contributed by atoms with van der Waals surface area (Å²) in [5.41, 5.74) is 0.635. The first-order valence-electron chi connectivity index (χ1n) is 6.07. The summed E-state index contributed by atoms with van der Waals surface area (Å²) in [6, 6.07) is 8.38. The smallest absolute Gasteiger partial charge is 0.382 e. The van der Waals surface area contributed by atoms with Crippen LogP contribution < -0.4 is 9.47 Å². The van der Waals surface area contributed by atoms with Crippen molar-refractivity contribution in [2.75, 3.05) is 6.61 Å². The SMILES string of the molecule is CCCOc1ccc(OC(=O)c2cc(C)no2)cc1. The molecule has 100 valence electrons. The van der Waals surface area contributed by atoms with Gasteiger partial charge < -0.3 is 14.0 Å². The summed E-state index contributed by atoms with van der Waals surface area (Å²) in [5, 5.41) is 3.63. The van der Waals surface area contributed by atoms with Crippen LogP contribution in [0, 0.1) is 6.92 Å². The Labute approximate surface area is 111 Å². The minimum atomic E-state index is -0.567. The van der Waals surface area contributed by atoms with E-state index in [0.717, 1.165) is 12.2 Å². The Bertz CT molecular complexity index is 545. The summed E-state index contributed by atoms with van der Waals surface area (Å²) in [5.74, 6) is 0.701. The molecule has 1 heterocycles. The van der Waals surface area contributed by atoms with E-state index in [0.29, 0.717) is 18.1 Å². The lowest BCUT2D eigenvalue weighted by Gasteiger charge is -2.05. The van der Waals surface area contributed by atoms with E-state index in [2.05, 4.69) is 5.16 Å². The fraction of sp³-hybridized carbons (Fsp3) is 0.286. The molecule has 0 aliphatic rings. The zero-order valence-corrected chi connectivity index (χ0v) is 10.9. The average Bonchev–Trinajstić information content (AvgIpc) is 2.85. The van der Waals surface area contributed by atoms with Gasteiger partial charge in [0.2, 0.25) is 5.76 Å². The Kier molecular flexibility index (Phi) is 4.18. The van der Waals surface area contributed by atoms with Gasteiger partial charge in [-0.1, -0.05) is 12.1 Å². The number of hydrogen-bond acceptors (Lipinski definition) is 5. The van der Waals surface area contributed by atoms with Gasteiger partial charge >= 0.3 is 5.97 Å². The molecule has 5 heteroatoms. The molecule has 2 aromatic rings. The molecule has 5 nitrogen and oxygen atoms in total. The van der Waals surface area contributed by atoms with Gasteiger partial charge in [0.1, 0.15) is 11.5 Å². The number of ether oxygens (including phenoxy) is 2. The number of hydrogen-bond donors (Lipinski definition) is 0. The van der Waals surface area contributed by atoms with Crippen LogP contribution in [-0.2, 0) is 0 Å². The molecular weight excluding hydrogens is 246 g/mol. The van der Waals surface area contributed by atoms with Crippen LogP contribution in [0.2, 0.25) is 0 Å². The lowest BCUT2D eigenvalue weighted by atomic mass is 10.3. The van der Waals surface area contributed by atoms with E-state index < -0.39 is 5.97 Å². The number of aryl methyl sites for hydroxylation is 1. The molecule has 0 unspecified atom stereocenters. The van der Waals surface area contributed by atoms with Crippen LogP contribution >= 0.6 is 0 Å². The summed E-state index contributed by atoms with van der Waals surface area (Å²) in [7, 11) is 0. The zero-order chi connectivity index (χ0) is 13.7. The third-order valence-electron chi connectivity index (χ3n) is 2.34. The molecule has 1 aromatic heterocycles. The average molecular weight is 261 g/mol. The van der Waals surface area contributed by atoms with Gasteiger partial charge in [-0.25, -0.2) is 4.79 Å². The van der Waals surface area contributed by atoms with Crippen molar-refractivity contribution >= 4 is 5.97 Å². The number of carbonyl (C=O) groups is 1. The number of carbonyl (C=O) groups excluding carboxylic acids is 1. The number of rotatable bonds is 5. The standard InChI is InChI=1S/C14H15NO4/c1-3-8-17-11-4-6-12(7-5-11)18-14(16)13-9-10(2)15-19-13/h4-7,9H,3,8H2,1-2H3. The molecule has 0 spiro atoms. The first-order chi connectivity index (χ1) is 9.19. The molecule has 0 atom stereocenters. The monoisotopic (exact) mass is 261 g/mol. The number of benzene rings is 1. The minimum Gasteiger partial charge on any atom is -0.494 e. The summed E-state index contributed by atoms with van der Waals surface area (Å²) >= 11 is 0. The van der Waals surface area contributed by atoms with Crippen LogP contribution in [0.4, 0.5) is 0 Å². The predicted molar refractivity (Wildman–Crippen MR) is 68.4 cm³/mol. The summed E-state index contributed by atoms with van der Waals surface area (Å²) in [6.45, 7) is 4.44. The zero-order valence-electron chi connectivity index (χ0n) is 10.9. The minimum absolute atomic E-state index is 0.0869. The van der Waals surface area contributed by atoms with Crippen molar-refractivity contribution in [2.45, 2.75) is 20.3 Å². The van der Waals surface area contributed by atoms with E-state index in [-0.39, 0.29) is 5.76 Å². The maximum absolute atomic E-state index is 11.7. The molecule has 0 saturated carbocycles. The third-order valence-corrected chi connectivity index (χ3v) is 2.34. The molecule has 0 bridgehead atoms. The number of esters is 1. The molecule has 0 N–H and O–H groups in total. The van der Waals surface area contributed by atoms with Crippen molar-refractivity contribution in [3.63, 3.8) is 0 Å². The second-order valence-corrected chi connectivity index (χ2v) is 4.04. The first-order valence-corrected chi connectivity index (χ1v) is 6.07. The lowest BCUT2D eigenvalue weighted by Crippen LogP contribution is -2.07. The molecule has 0 aliphatic carbocycles. The maximum Gasteiger partial charge on any atom is 0.382 e. The Morgan fingerprint density at radius 3 is 2.53 bits per heavy atom. The quantitative estimate of drug-likeness (QED) is 0.611. The molecule has 0 aliphatic heterocycles. The van der Waals surface area contributed by atoms with Crippen LogP contribution in [0.15, 0.2) is 34.9 Å². The Morgan fingerprint density at radius 1 is 1.26 bits per heavy atom. The van der Waals surface area contributed by atoms with Crippen molar-refractivity contribution in [1.29, 1.82) is 0 Å². The topological polar surface area (TPSA) is 61.6 Å². The van der Waals surface area contributed by atoms with E-state index in [1.165, 1.54) is 6.07 Å².